The van der Waals surface area contributed by atoms with Gasteiger partial charge in [0, 0.05) is 8.95 Å². The lowest BCUT2D eigenvalue weighted by molar-refractivity contribution is 0.920. The topological polar surface area (TPSA) is 0 Å². The highest BCUT2D eigenvalue weighted by Gasteiger charge is 2.14. The minimum absolute atomic E-state index is 0.137. The molecular formula is C16H15Br2Cl. The van der Waals surface area contributed by atoms with Gasteiger partial charge in [-0.1, -0.05) is 69.5 Å². The Hall–Kier alpha value is -0.310. The van der Waals surface area contributed by atoms with Crippen molar-refractivity contribution in [3.63, 3.8) is 0 Å². The summed E-state index contributed by atoms with van der Waals surface area (Å²) in [6, 6.07) is 14.6. The first-order valence-corrected chi connectivity index (χ1v) is 8.32. The van der Waals surface area contributed by atoms with Gasteiger partial charge in [0.15, 0.2) is 0 Å². The first-order valence-electron chi connectivity index (χ1n) is 6.29. The van der Waals surface area contributed by atoms with E-state index < -0.39 is 0 Å². The van der Waals surface area contributed by atoms with Crippen LogP contribution < -0.4 is 0 Å². The lowest BCUT2D eigenvalue weighted by Crippen LogP contribution is -1.95. The molecule has 0 bridgehead atoms. The quantitative estimate of drug-likeness (QED) is 0.513. The van der Waals surface area contributed by atoms with Crippen LogP contribution in [0.2, 0.25) is 0 Å². The second kappa shape index (κ2) is 6.92. The fraction of sp³-hybridized carbons (Fsp3) is 0.250. The van der Waals surface area contributed by atoms with Crippen LogP contribution in [0.25, 0.3) is 0 Å². The van der Waals surface area contributed by atoms with E-state index in [2.05, 4.69) is 69.1 Å². The van der Waals surface area contributed by atoms with Gasteiger partial charge in [-0.05, 0) is 41.3 Å². The fourth-order valence-corrected chi connectivity index (χ4v) is 3.34. The maximum Gasteiger partial charge on any atom is 0.0846 e. The molecule has 2 rings (SSSR count). The van der Waals surface area contributed by atoms with Gasteiger partial charge in [0.1, 0.15) is 0 Å². The van der Waals surface area contributed by atoms with Gasteiger partial charge in [0.05, 0.1) is 5.38 Å². The average Bonchev–Trinajstić information content (AvgIpc) is 2.42. The summed E-state index contributed by atoms with van der Waals surface area (Å²) in [5.74, 6) is 0. The molecule has 1 unspecified atom stereocenters. The van der Waals surface area contributed by atoms with Gasteiger partial charge >= 0.3 is 0 Å². The van der Waals surface area contributed by atoms with Crippen LogP contribution in [-0.4, -0.2) is 0 Å². The molecule has 0 spiro atoms. The number of rotatable bonds is 4. The lowest BCUT2D eigenvalue weighted by Gasteiger charge is -2.13. The monoisotopic (exact) mass is 400 g/mol. The fourth-order valence-electron chi connectivity index (χ4n) is 2.03. The van der Waals surface area contributed by atoms with Gasteiger partial charge in [0.25, 0.3) is 0 Å². The van der Waals surface area contributed by atoms with Gasteiger partial charge in [-0.3, -0.25) is 0 Å². The second-order valence-corrected chi connectivity index (χ2v) is 6.73. The van der Waals surface area contributed by atoms with E-state index >= 15 is 0 Å². The van der Waals surface area contributed by atoms with Crippen LogP contribution in [0.5, 0.6) is 0 Å². The normalized spacial score (nSPS) is 12.4. The minimum Gasteiger partial charge on any atom is -0.113 e. The van der Waals surface area contributed by atoms with Crippen molar-refractivity contribution in [1.82, 2.24) is 0 Å². The summed E-state index contributed by atoms with van der Waals surface area (Å²) in [5.41, 5.74) is 3.57. The summed E-state index contributed by atoms with van der Waals surface area (Å²) in [6.07, 6.45) is 2.29. The SMILES string of the molecule is CCCc1ccc(C(Cl)c2cc(Br)ccc2Br)cc1. The van der Waals surface area contributed by atoms with E-state index in [1.54, 1.807) is 0 Å². The molecular weight excluding hydrogens is 387 g/mol. The van der Waals surface area contributed by atoms with Crippen LogP contribution in [0.4, 0.5) is 0 Å². The lowest BCUT2D eigenvalue weighted by atomic mass is 10.0. The highest BCUT2D eigenvalue weighted by molar-refractivity contribution is 9.11. The molecule has 0 N–H and O–H groups in total. The number of halogens is 3. The number of benzene rings is 2. The Kier molecular flexibility index (Phi) is 5.49. The van der Waals surface area contributed by atoms with Crippen molar-refractivity contribution in [3.05, 3.63) is 68.1 Å². The van der Waals surface area contributed by atoms with Crippen LogP contribution in [0.1, 0.15) is 35.4 Å². The number of hydrogen-bond donors (Lipinski definition) is 0. The Morgan fingerprint density at radius 3 is 2.37 bits per heavy atom. The Morgan fingerprint density at radius 1 is 1.05 bits per heavy atom. The first kappa shape index (κ1) is 15.1. The van der Waals surface area contributed by atoms with Crippen molar-refractivity contribution < 1.29 is 0 Å². The summed E-state index contributed by atoms with van der Waals surface area (Å²) in [5, 5.41) is -0.137. The predicted octanol–water partition coefficient (Wildman–Crippen LogP) is 6.49. The van der Waals surface area contributed by atoms with Crippen molar-refractivity contribution in [2.75, 3.05) is 0 Å². The summed E-state index contributed by atoms with van der Waals surface area (Å²) in [4.78, 5) is 0. The molecule has 2 aromatic rings. The van der Waals surface area contributed by atoms with E-state index in [9.17, 15) is 0 Å². The van der Waals surface area contributed by atoms with E-state index in [1.807, 2.05) is 12.1 Å². The van der Waals surface area contributed by atoms with Crippen molar-refractivity contribution in [2.45, 2.75) is 25.1 Å². The summed E-state index contributed by atoms with van der Waals surface area (Å²) in [6.45, 7) is 2.19. The predicted molar refractivity (Wildman–Crippen MR) is 90.0 cm³/mol. The molecule has 1 atom stereocenters. The highest BCUT2D eigenvalue weighted by Crippen LogP contribution is 2.35. The van der Waals surface area contributed by atoms with E-state index in [1.165, 1.54) is 12.0 Å². The second-order valence-electron chi connectivity index (χ2n) is 4.52. The molecule has 0 saturated carbocycles. The van der Waals surface area contributed by atoms with Crippen molar-refractivity contribution in [3.8, 4) is 0 Å². The molecule has 0 fully saturated rings. The Labute approximate surface area is 136 Å². The maximum absolute atomic E-state index is 6.59. The molecule has 100 valence electrons. The summed E-state index contributed by atoms with van der Waals surface area (Å²) in [7, 11) is 0. The Balaban J connectivity index is 2.27. The molecule has 0 aromatic heterocycles. The van der Waals surface area contributed by atoms with Crippen LogP contribution in [-0.2, 0) is 6.42 Å². The molecule has 0 aliphatic carbocycles. The molecule has 0 amide bonds. The molecule has 3 heteroatoms. The molecule has 2 aromatic carbocycles. The number of alkyl halides is 1. The largest absolute Gasteiger partial charge is 0.113 e. The van der Waals surface area contributed by atoms with Crippen molar-refractivity contribution >= 4 is 43.5 Å². The van der Waals surface area contributed by atoms with Crippen LogP contribution >= 0.6 is 43.5 Å². The van der Waals surface area contributed by atoms with Crippen LogP contribution in [0.15, 0.2) is 51.4 Å². The van der Waals surface area contributed by atoms with E-state index in [0.717, 1.165) is 26.5 Å². The standard InChI is InChI=1S/C16H15Br2Cl/c1-2-3-11-4-6-12(7-5-11)16(19)14-10-13(17)8-9-15(14)18/h4-10,16H,2-3H2,1H3. The zero-order chi connectivity index (χ0) is 13.8. The molecule has 0 saturated heterocycles. The zero-order valence-electron chi connectivity index (χ0n) is 10.7. The highest BCUT2D eigenvalue weighted by atomic mass is 79.9. The molecule has 0 nitrogen and oxygen atoms in total. The molecule has 0 aliphatic heterocycles. The maximum atomic E-state index is 6.59. The minimum atomic E-state index is -0.137. The zero-order valence-corrected chi connectivity index (χ0v) is 14.6. The third kappa shape index (κ3) is 3.84. The van der Waals surface area contributed by atoms with Crippen molar-refractivity contribution in [2.24, 2.45) is 0 Å². The molecule has 0 radical (unpaired) electrons. The first-order chi connectivity index (χ1) is 9.11. The van der Waals surface area contributed by atoms with Gasteiger partial charge in [-0.25, -0.2) is 0 Å². The number of aryl methyl sites for hydroxylation is 1. The average molecular weight is 403 g/mol. The Morgan fingerprint density at radius 2 is 1.74 bits per heavy atom. The van der Waals surface area contributed by atoms with Gasteiger partial charge < -0.3 is 0 Å². The smallest absolute Gasteiger partial charge is 0.0846 e. The molecule has 0 heterocycles. The van der Waals surface area contributed by atoms with Crippen LogP contribution in [0.3, 0.4) is 0 Å². The van der Waals surface area contributed by atoms with Crippen LogP contribution in [0, 0.1) is 0 Å². The van der Waals surface area contributed by atoms with E-state index in [4.69, 9.17) is 11.6 Å². The molecule has 19 heavy (non-hydrogen) atoms. The Bertz CT molecular complexity index is 549. The summed E-state index contributed by atoms with van der Waals surface area (Å²) < 4.78 is 2.08. The van der Waals surface area contributed by atoms with Gasteiger partial charge in [0.2, 0.25) is 0 Å². The number of hydrogen-bond acceptors (Lipinski definition) is 0. The van der Waals surface area contributed by atoms with E-state index in [-0.39, 0.29) is 5.38 Å². The molecule has 0 aliphatic rings. The van der Waals surface area contributed by atoms with E-state index in [0.29, 0.717) is 0 Å². The third-order valence-electron chi connectivity index (χ3n) is 3.04. The van der Waals surface area contributed by atoms with Gasteiger partial charge in [-0.15, -0.1) is 11.6 Å². The van der Waals surface area contributed by atoms with Crippen molar-refractivity contribution in [1.29, 1.82) is 0 Å². The third-order valence-corrected chi connectivity index (χ3v) is 4.74. The van der Waals surface area contributed by atoms with Gasteiger partial charge in [-0.2, -0.15) is 0 Å². The summed E-state index contributed by atoms with van der Waals surface area (Å²) >= 11 is 13.6.